The molecule has 0 heterocycles. The van der Waals surface area contributed by atoms with Crippen LogP contribution in [-0.4, -0.2) is 31.1 Å². The van der Waals surface area contributed by atoms with Gasteiger partial charge in [-0.2, -0.15) is 0 Å². The molecule has 0 saturated heterocycles. The van der Waals surface area contributed by atoms with Gasteiger partial charge in [0.15, 0.2) is 6.61 Å². The van der Waals surface area contributed by atoms with E-state index < -0.39 is 29.9 Å². The van der Waals surface area contributed by atoms with Crippen molar-refractivity contribution in [2.24, 2.45) is 5.92 Å². The number of nitrogens with one attached hydrogen (secondary N) is 2. The van der Waals surface area contributed by atoms with Crippen molar-refractivity contribution in [3.63, 3.8) is 0 Å². The molecule has 124 valence electrons. The third-order valence-corrected chi connectivity index (χ3v) is 3.73. The van der Waals surface area contributed by atoms with Crippen molar-refractivity contribution in [3.8, 4) is 0 Å². The Balaban J connectivity index is 1.78. The number of esters is 1. The molecule has 0 aromatic heterocycles. The molecule has 1 aliphatic rings. The number of urea groups is 1. The predicted molar refractivity (Wildman–Crippen MR) is 84.7 cm³/mol. The number of benzene rings is 1. The molecule has 2 rings (SSSR count). The van der Waals surface area contributed by atoms with Gasteiger partial charge in [-0.1, -0.05) is 44.2 Å². The van der Waals surface area contributed by atoms with Gasteiger partial charge in [0, 0.05) is 6.54 Å². The Morgan fingerprint density at radius 3 is 2.39 bits per heavy atom. The SMILES string of the molecule is CC(C)CNC(=O)NC(=O)COC(=O)C1(c2ccccc2)CC1. The van der Waals surface area contributed by atoms with Crippen molar-refractivity contribution in [2.75, 3.05) is 13.2 Å². The summed E-state index contributed by atoms with van der Waals surface area (Å²) in [6.07, 6.45) is 1.43. The predicted octanol–water partition coefficient (Wildman–Crippen LogP) is 1.74. The first-order valence-corrected chi connectivity index (χ1v) is 7.74. The lowest BCUT2D eigenvalue weighted by Crippen LogP contribution is -2.43. The van der Waals surface area contributed by atoms with Crippen LogP contribution in [-0.2, 0) is 19.7 Å². The van der Waals surface area contributed by atoms with Gasteiger partial charge in [-0.05, 0) is 24.3 Å². The standard InChI is InChI=1S/C17H22N2O4/c1-12(2)10-18-16(22)19-14(20)11-23-15(21)17(8-9-17)13-6-4-3-5-7-13/h3-7,12H,8-11H2,1-2H3,(H2,18,19,20,22). The van der Waals surface area contributed by atoms with Crippen LogP contribution in [0.25, 0.3) is 0 Å². The van der Waals surface area contributed by atoms with E-state index >= 15 is 0 Å². The van der Waals surface area contributed by atoms with E-state index in [0.29, 0.717) is 19.4 Å². The zero-order valence-corrected chi connectivity index (χ0v) is 13.4. The number of carbonyl (C=O) groups is 3. The molecule has 0 bridgehead atoms. The van der Waals surface area contributed by atoms with E-state index in [1.165, 1.54) is 0 Å². The van der Waals surface area contributed by atoms with E-state index in [1.54, 1.807) is 0 Å². The van der Waals surface area contributed by atoms with Gasteiger partial charge in [0.05, 0.1) is 5.41 Å². The number of amides is 3. The summed E-state index contributed by atoms with van der Waals surface area (Å²) >= 11 is 0. The molecule has 1 aromatic carbocycles. The summed E-state index contributed by atoms with van der Waals surface area (Å²) in [5, 5.41) is 4.69. The molecule has 1 aliphatic carbocycles. The maximum absolute atomic E-state index is 12.2. The van der Waals surface area contributed by atoms with Crippen LogP contribution in [0.4, 0.5) is 4.79 Å². The van der Waals surface area contributed by atoms with Crippen LogP contribution in [0.5, 0.6) is 0 Å². The highest BCUT2D eigenvalue weighted by Gasteiger charge is 2.52. The zero-order valence-electron chi connectivity index (χ0n) is 13.4. The second-order valence-electron chi connectivity index (χ2n) is 6.18. The van der Waals surface area contributed by atoms with Crippen molar-refractivity contribution in [1.29, 1.82) is 0 Å². The van der Waals surface area contributed by atoms with E-state index in [2.05, 4.69) is 10.6 Å². The molecular weight excluding hydrogens is 296 g/mol. The molecule has 6 heteroatoms. The first-order chi connectivity index (χ1) is 10.9. The highest BCUT2D eigenvalue weighted by atomic mass is 16.5. The Labute approximate surface area is 135 Å². The van der Waals surface area contributed by atoms with Crippen molar-refractivity contribution in [3.05, 3.63) is 35.9 Å². The van der Waals surface area contributed by atoms with Gasteiger partial charge in [-0.15, -0.1) is 0 Å². The summed E-state index contributed by atoms with van der Waals surface area (Å²) in [7, 11) is 0. The first-order valence-electron chi connectivity index (χ1n) is 7.74. The molecular formula is C17H22N2O4. The Hall–Kier alpha value is -2.37. The van der Waals surface area contributed by atoms with E-state index in [-0.39, 0.29) is 5.92 Å². The minimum absolute atomic E-state index is 0.286. The molecule has 0 aliphatic heterocycles. The van der Waals surface area contributed by atoms with E-state index in [1.807, 2.05) is 44.2 Å². The molecule has 6 nitrogen and oxygen atoms in total. The smallest absolute Gasteiger partial charge is 0.321 e. The summed E-state index contributed by atoms with van der Waals surface area (Å²) in [6.45, 7) is 3.91. The van der Waals surface area contributed by atoms with Crippen molar-refractivity contribution < 1.29 is 19.1 Å². The van der Waals surface area contributed by atoms with Crippen LogP contribution < -0.4 is 10.6 Å². The third kappa shape index (κ3) is 4.55. The van der Waals surface area contributed by atoms with Crippen molar-refractivity contribution >= 4 is 17.9 Å². The monoisotopic (exact) mass is 318 g/mol. The summed E-state index contributed by atoms with van der Waals surface area (Å²) in [5.74, 6) is -0.765. The van der Waals surface area contributed by atoms with Gasteiger partial charge in [-0.3, -0.25) is 14.9 Å². The Kier molecular flexibility index (Phi) is 5.36. The van der Waals surface area contributed by atoms with Gasteiger partial charge in [-0.25, -0.2) is 4.79 Å². The van der Waals surface area contributed by atoms with E-state index in [9.17, 15) is 14.4 Å². The molecule has 2 N–H and O–H groups in total. The average Bonchev–Trinajstić information content (AvgIpc) is 3.33. The number of rotatable bonds is 6. The fraction of sp³-hybridized carbons (Fsp3) is 0.471. The van der Waals surface area contributed by atoms with Crippen LogP contribution in [0.2, 0.25) is 0 Å². The molecule has 0 atom stereocenters. The summed E-state index contributed by atoms with van der Waals surface area (Å²) in [5.41, 5.74) is 0.279. The van der Waals surface area contributed by atoms with Gasteiger partial charge in [0.1, 0.15) is 0 Å². The molecule has 1 saturated carbocycles. The average molecular weight is 318 g/mol. The lowest BCUT2D eigenvalue weighted by atomic mass is 9.96. The lowest BCUT2D eigenvalue weighted by molar-refractivity contribution is -0.150. The Bertz CT molecular complexity index is 580. The van der Waals surface area contributed by atoms with Crippen LogP contribution in [0.1, 0.15) is 32.3 Å². The highest BCUT2D eigenvalue weighted by Crippen LogP contribution is 2.49. The fourth-order valence-corrected chi connectivity index (χ4v) is 2.27. The summed E-state index contributed by atoms with van der Waals surface area (Å²) < 4.78 is 5.08. The maximum Gasteiger partial charge on any atom is 0.321 e. The molecule has 1 fully saturated rings. The zero-order chi connectivity index (χ0) is 16.9. The van der Waals surface area contributed by atoms with Gasteiger partial charge >= 0.3 is 12.0 Å². The van der Waals surface area contributed by atoms with Crippen LogP contribution in [0.3, 0.4) is 0 Å². The lowest BCUT2D eigenvalue weighted by Gasteiger charge is -2.14. The second kappa shape index (κ2) is 7.26. The maximum atomic E-state index is 12.2. The normalized spacial score (nSPS) is 14.9. The number of imide groups is 1. The van der Waals surface area contributed by atoms with Gasteiger partial charge in [0.25, 0.3) is 5.91 Å². The summed E-state index contributed by atoms with van der Waals surface area (Å²) in [6, 6.07) is 8.81. The van der Waals surface area contributed by atoms with Crippen molar-refractivity contribution in [2.45, 2.75) is 32.1 Å². The largest absolute Gasteiger partial charge is 0.455 e. The number of hydrogen-bond acceptors (Lipinski definition) is 4. The van der Waals surface area contributed by atoms with Crippen LogP contribution in [0.15, 0.2) is 30.3 Å². The minimum atomic E-state index is -0.636. The topological polar surface area (TPSA) is 84.5 Å². The highest BCUT2D eigenvalue weighted by molar-refractivity contribution is 5.96. The molecule has 3 amide bonds. The summed E-state index contributed by atoms with van der Waals surface area (Å²) in [4.78, 5) is 35.3. The van der Waals surface area contributed by atoms with Gasteiger partial charge < -0.3 is 10.1 Å². The second-order valence-corrected chi connectivity index (χ2v) is 6.18. The number of hydrogen-bond donors (Lipinski definition) is 2. The van der Waals surface area contributed by atoms with Crippen molar-refractivity contribution in [1.82, 2.24) is 10.6 Å². The quantitative estimate of drug-likeness (QED) is 0.783. The molecule has 23 heavy (non-hydrogen) atoms. The third-order valence-electron chi connectivity index (χ3n) is 3.73. The van der Waals surface area contributed by atoms with E-state index in [4.69, 9.17) is 4.74 Å². The molecule has 0 unspecified atom stereocenters. The first kappa shape index (κ1) is 17.0. The molecule has 0 radical (unpaired) electrons. The van der Waals surface area contributed by atoms with Gasteiger partial charge in [0.2, 0.25) is 0 Å². The molecule has 0 spiro atoms. The molecule has 1 aromatic rings. The number of ether oxygens (including phenoxy) is 1. The number of carbonyl (C=O) groups excluding carboxylic acids is 3. The fourth-order valence-electron chi connectivity index (χ4n) is 2.27. The Morgan fingerprint density at radius 2 is 1.83 bits per heavy atom. The van der Waals surface area contributed by atoms with E-state index in [0.717, 1.165) is 5.56 Å². The van der Waals surface area contributed by atoms with Crippen LogP contribution >= 0.6 is 0 Å². The van der Waals surface area contributed by atoms with Crippen LogP contribution in [0, 0.1) is 5.92 Å². The minimum Gasteiger partial charge on any atom is -0.455 e. The Morgan fingerprint density at radius 1 is 1.17 bits per heavy atom.